The summed E-state index contributed by atoms with van der Waals surface area (Å²) in [5.74, 6) is 0.460. The van der Waals surface area contributed by atoms with Gasteiger partial charge < -0.3 is 14.7 Å². The second kappa shape index (κ2) is 7.14. The fraction of sp³-hybridized carbons (Fsp3) is 0.562. The molecule has 1 aliphatic carbocycles. The molecule has 116 valence electrons. The van der Waals surface area contributed by atoms with E-state index in [0.29, 0.717) is 22.9 Å². The average molecular weight is 312 g/mol. The second-order valence-corrected chi connectivity index (χ2v) is 5.82. The molecular formula is C16H22ClNO3. The Kier molecular flexibility index (Phi) is 5.48. The Hall–Kier alpha value is -1.26. The predicted octanol–water partition coefficient (Wildman–Crippen LogP) is 3.11. The molecule has 1 saturated carbocycles. The van der Waals surface area contributed by atoms with Gasteiger partial charge in [0.25, 0.3) is 5.91 Å². The molecule has 4 nitrogen and oxygen atoms in total. The Labute approximate surface area is 130 Å². The number of aliphatic hydroxyl groups excluding tert-OH is 1. The third-order valence-electron chi connectivity index (χ3n) is 3.99. The fourth-order valence-electron chi connectivity index (χ4n) is 2.80. The maximum atomic E-state index is 12.5. The van der Waals surface area contributed by atoms with Crippen molar-refractivity contribution in [3.63, 3.8) is 0 Å². The van der Waals surface area contributed by atoms with Crippen LogP contribution < -0.4 is 4.74 Å². The van der Waals surface area contributed by atoms with Crippen LogP contribution in [-0.4, -0.2) is 41.7 Å². The van der Waals surface area contributed by atoms with Gasteiger partial charge in [-0.1, -0.05) is 24.4 Å². The van der Waals surface area contributed by atoms with Crippen molar-refractivity contribution in [1.29, 1.82) is 0 Å². The molecule has 0 unspecified atom stereocenters. The Balaban J connectivity index is 2.13. The molecule has 1 fully saturated rings. The number of ether oxygens (including phenoxy) is 1. The first kappa shape index (κ1) is 16.1. The Morgan fingerprint density at radius 2 is 2.14 bits per heavy atom. The minimum Gasteiger partial charge on any atom is -0.492 e. The molecule has 0 saturated heterocycles. The van der Waals surface area contributed by atoms with E-state index in [1.54, 1.807) is 30.1 Å². The molecule has 5 heteroatoms. The molecule has 0 spiro atoms. The number of likely N-dealkylation sites (N-methyl/N-ethyl adjacent to an activating group) is 1. The van der Waals surface area contributed by atoms with Crippen LogP contribution >= 0.6 is 11.6 Å². The van der Waals surface area contributed by atoms with Crippen LogP contribution in [0, 0.1) is 0 Å². The Morgan fingerprint density at radius 3 is 2.76 bits per heavy atom. The van der Waals surface area contributed by atoms with Crippen molar-refractivity contribution in [3.8, 4) is 5.75 Å². The number of nitrogens with zero attached hydrogens (tertiary/aromatic N) is 1. The molecule has 0 aliphatic heterocycles. The van der Waals surface area contributed by atoms with E-state index in [2.05, 4.69) is 0 Å². The van der Waals surface area contributed by atoms with Gasteiger partial charge in [-0.2, -0.15) is 0 Å². The number of hydrogen-bond donors (Lipinski definition) is 1. The smallest absolute Gasteiger partial charge is 0.253 e. The van der Waals surface area contributed by atoms with E-state index in [1.165, 1.54) is 0 Å². The van der Waals surface area contributed by atoms with E-state index >= 15 is 0 Å². The van der Waals surface area contributed by atoms with Crippen LogP contribution in [0.25, 0.3) is 0 Å². The first-order valence-corrected chi connectivity index (χ1v) is 7.80. The van der Waals surface area contributed by atoms with Crippen molar-refractivity contribution < 1.29 is 14.6 Å². The Morgan fingerprint density at radius 1 is 1.43 bits per heavy atom. The van der Waals surface area contributed by atoms with Gasteiger partial charge in [0.15, 0.2) is 0 Å². The summed E-state index contributed by atoms with van der Waals surface area (Å²) in [6, 6.07) is 4.94. The highest BCUT2D eigenvalue weighted by molar-refractivity contribution is 6.32. The first-order chi connectivity index (χ1) is 10.0. The maximum absolute atomic E-state index is 12.5. The highest BCUT2D eigenvalue weighted by Gasteiger charge is 2.30. The summed E-state index contributed by atoms with van der Waals surface area (Å²) in [5, 5.41) is 10.5. The van der Waals surface area contributed by atoms with E-state index in [9.17, 15) is 9.90 Å². The normalized spacial score (nSPS) is 21.9. The quantitative estimate of drug-likeness (QED) is 0.929. The maximum Gasteiger partial charge on any atom is 0.253 e. The van der Waals surface area contributed by atoms with Crippen molar-refractivity contribution in [3.05, 3.63) is 28.8 Å². The highest BCUT2D eigenvalue weighted by atomic mass is 35.5. The zero-order valence-corrected chi connectivity index (χ0v) is 13.3. The first-order valence-electron chi connectivity index (χ1n) is 7.42. The minimum atomic E-state index is -0.439. The van der Waals surface area contributed by atoms with Gasteiger partial charge in [-0.25, -0.2) is 0 Å². The molecule has 1 amide bonds. The largest absolute Gasteiger partial charge is 0.492 e. The number of benzene rings is 1. The second-order valence-electron chi connectivity index (χ2n) is 5.41. The third kappa shape index (κ3) is 3.69. The lowest BCUT2D eigenvalue weighted by Gasteiger charge is -2.35. The van der Waals surface area contributed by atoms with Gasteiger partial charge >= 0.3 is 0 Å². The number of amides is 1. The summed E-state index contributed by atoms with van der Waals surface area (Å²) in [6.07, 6.45) is 3.23. The van der Waals surface area contributed by atoms with Crippen LogP contribution in [0.4, 0.5) is 0 Å². The highest BCUT2D eigenvalue weighted by Crippen LogP contribution is 2.28. The van der Waals surface area contributed by atoms with Gasteiger partial charge in [-0.3, -0.25) is 4.79 Å². The molecule has 2 atom stereocenters. The Bertz CT molecular complexity index is 506. The van der Waals surface area contributed by atoms with Crippen molar-refractivity contribution in [2.24, 2.45) is 0 Å². The van der Waals surface area contributed by atoms with Gasteiger partial charge in [-0.05, 0) is 38.0 Å². The van der Waals surface area contributed by atoms with E-state index in [4.69, 9.17) is 16.3 Å². The molecule has 1 N–H and O–H groups in total. The molecule has 1 aliphatic rings. The number of halogens is 1. The van der Waals surface area contributed by atoms with Gasteiger partial charge in [0.2, 0.25) is 0 Å². The van der Waals surface area contributed by atoms with Crippen LogP contribution in [0.1, 0.15) is 43.0 Å². The molecule has 21 heavy (non-hydrogen) atoms. The molecule has 1 aromatic rings. The van der Waals surface area contributed by atoms with Crippen molar-refractivity contribution in [1.82, 2.24) is 4.90 Å². The van der Waals surface area contributed by atoms with E-state index in [1.807, 2.05) is 6.92 Å². The molecule has 0 heterocycles. The number of hydrogen-bond acceptors (Lipinski definition) is 3. The van der Waals surface area contributed by atoms with Gasteiger partial charge in [0.1, 0.15) is 5.75 Å². The topological polar surface area (TPSA) is 49.8 Å². The number of aliphatic hydroxyl groups is 1. The van der Waals surface area contributed by atoms with Crippen LogP contribution in [-0.2, 0) is 0 Å². The standard InChI is InChI=1S/C16H22ClNO3/c1-3-21-15-9-8-11(10-12(15)17)16(20)18(2)13-6-4-5-7-14(13)19/h8-10,13-14,19H,3-7H2,1-2H3/t13-,14-/m1/s1. The van der Waals surface area contributed by atoms with Crippen molar-refractivity contribution in [2.45, 2.75) is 44.8 Å². The predicted molar refractivity (Wildman–Crippen MR) is 83.0 cm³/mol. The molecule has 0 bridgehead atoms. The lowest BCUT2D eigenvalue weighted by Crippen LogP contribution is -2.46. The molecular weight excluding hydrogens is 290 g/mol. The van der Waals surface area contributed by atoms with Gasteiger partial charge in [-0.15, -0.1) is 0 Å². The van der Waals surface area contributed by atoms with Crippen LogP contribution in [0.3, 0.4) is 0 Å². The van der Waals surface area contributed by atoms with Crippen molar-refractivity contribution in [2.75, 3.05) is 13.7 Å². The molecule has 0 radical (unpaired) electrons. The lowest BCUT2D eigenvalue weighted by molar-refractivity contribution is 0.0268. The van der Waals surface area contributed by atoms with Gasteiger partial charge in [0.05, 0.1) is 23.8 Å². The number of carbonyl (C=O) groups is 1. The summed E-state index contributed by atoms with van der Waals surface area (Å²) < 4.78 is 5.37. The third-order valence-corrected chi connectivity index (χ3v) is 4.29. The number of rotatable bonds is 4. The van der Waals surface area contributed by atoms with E-state index in [-0.39, 0.29) is 11.9 Å². The zero-order chi connectivity index (χ0) is 15.4. The van der Waals surface area contributed by atoms with E-state index in [0.717, 1.165) is 25.7 Å². The van der Waals surface area contributed by atoms with Crippen LogP contribution in [0.2, 0.25) is 5.02 Å². The summed E-state index contributed by atoms with van der Waals surface area (Å²) in [5.41, 5.74) is 0.517. The van der Waals surface area contributed by atoms with Crippen molar-refractivity contribution >= 4 is 17.5 Å². The average Bonchev–Trinajstić information content (AvgIpc) is 2.48. The zero-order valence-electron chi connectivity index (χ0n) is 12.5. The summed E-state index contributed by atoms with van der Waals surface area (Å²) in [7, 11) is 1.74. The van der Waals surface area contributed by atoms with Gasteiger partial charge in [0, 0.05) is 12.6 Å². The molecule has 2 rings (SSSR count). The molecule has 1 aromatic carbocycles. The SMILES string of the molecule is CCOc1ccc(C(=O)N(C)[C@@H]2CCCC[C@H]2O)cc1Cl. The summed E-state index contributed by atoms with van der Waals surface area (Å²) in [6.45, 7) is 2.41. The summed E-state index contributed by atoms with van der Waals surface area (Å²) in [4.78, 5) is 14.2. The fourth-order valence-corrected chi connectivity index (χ4v) is 3.04. The minimum absolute atomic E-state index is 0.114. The van der Waals surface area contributed by atoms with E-state index < -0.39 is 6.10 Å². The monoisotopic (exact) mass is 311 g/mol. The lowest BCUT2D eigenvalue weighted by atomic mass is 9.91. The van der Waals surface area contributed by atoms with Crippen LogP contribution in [0.15, 0.2) is 18.2 Å². The number of carbonyl (C=O) groups excluding carboxylic acids is 1. The molecule has 0 aromatic heterocycles. The summed E-state index contributed by atoms with van der Waals surface area (Å²) >= 11 is 6.13. The van der Waals surface area contributed by atoms with Crippen LogP contribution in [0.5, 0.6) is 5.75 Å².